The average Bonchev–Trinajstić information content (AvgIpc) is 2.92. The lowest BCUT2D eigenvalue weighted by molar-refractivity contribution is 0.104. The summed E-state index contributed by atoms with van der Waals surface area (Å²) in [5.74, 6) is 0.249. The van der Waals surface area contributed by atoms with E-state index in [-0.39, 0.29) is 17.5 Å². The van der Waals surface area contributed by atoms with Crippen molar-refractivity contribution < 1.29 is 9.90 Å². The number of aromatic hydroxyl groups is 1. The van der Waals surface area contributed by atoms with Gasteiger partial charge in [0.15, 0.2) is 5.78 Å². The lowest BCUT2D eigenvalue weighted by Crippen LogP contribution is -2.06. The Morgan fingerprint density at radius 3 is 2.61 bits per heavy atom. The number of aliphatic imine (C=N–C) groups is 1. The van der Waals surface area contributed by atoms with Gasteiger partial charge in [0.2, 0.25) is 0 Å². The number of carbonyl (C=O) groups excluding carboxylic acids is 1. The van der Waals surface area contributed by atoms with Crippen molar-refractivity contribution in [3.63, 3.8) is 0 Å². The molecule has 1 atom stereocenters. The minimum absolute atomic E-state index is 0.118. The zero-order valence-electron chi connectivity index (χ0n) is 21.3. The normalized spacial score (nSPS) is 12.4. The summed E-state index contributed by atoms with van der Waals surface area (Å²) < 4.78 is 0. The number of fused-ring (bicyclic) bond motifs is 1. The predicted octanol–water partition coefficient (Wildman–Crippen LogP) is 8.19. The predicted molar refractivity (Wildman–Crippen MR) is 159 cm³/mol. The van der Waals surface area contributed by atoms with E-state index in [9.17, 15) is 9.90 Å². The molecule has 1 heterocycles. The summed E-state index contributed by atoms with van der Waals surface area (Å²) in [7, 11) is 0. The smallest absolute Gasteiger partial charge is 0.185 e. The number of ketones is 1. The van der Waals surface area contributed by atoms with Crippen molar-refractivity contribution in [2.75, 3.05) is 18.4 Å². The van der Waals surface area contributed by atoms with Gasteiger partial charge in [0.1, 0.15) is 5.75 Å². The van der Waals surface area contributed by atoms with Gasteiger partial charge >= 0.3 is 0 Å². The SMILES string of the molecule is CCC(C)c1cc(/C=C/C(=O)c2ccc(Cl)cc2)cc(C=NCCNc2ccnc3cc(Cl)ccc23)c1O. The van der Waals surface area contributed by atoms with Crippen LogP contribution in [-0.4, -0.2) is 35.2 Å². The number of phenolic OH excluding ortho intramolecular Hbond substituents is 1. The molecule has 0 aliphatic rings. The fraction of sp³-hybridized carbons (Fsp3) is 0.194. The molecule has 2 N–H and O–H groups in total. The molecule has 38 heavy (non-hydrogen) atoms. The van der Waals surface area contributed by atoms with Crippen LogP contribution in [0.1, 0.15) is 53.2 Å². The summed E-state index contributed by atoms with van der Waals surface area (Å²) >= 11 is 12.0. The molecule has 0 aliphatic heterocycles. The van der Waals surface area contributed by atoms with E-state index in [2.05, 4.69) is 29.1 Å². The summed E-state index contributed by atoms with van der Waals surface area (Å²) in [6.45, 7) is 5.25. The third kappa shape index (κ3) is 6.80. The first-order valence-corrected chi connectivity index (χ1v) is 13.2. The van der Waals surface area contributed by atoms with Crippen LogP contribution in [0.2, 0.25) is 10.0 Å². The Morgan fingerprint density at radius 1 is 1.08 bits per heavy atom. The maximum absolute atomic E-state index is 12.6. The molecule has 1 aromatic heterocycles. The third-order valence-electron chi connectivity index (χ3n) is 6.38. The van der Waals surface area contributed by atoms with Gasteiger partial charge in [-0.25, -0.2) is 0 Å². The lowest BCUT2D eigenvalue weighted by Gasteiger charge is -2.14. The van der Waals surface area contributed by atoms with Gasteiger partial charge in [-0.1, -0.05) is 43.1 Å². The van der Waals surface area contributed by atoms with Crippen LogP contribution in [0.15, 0.2) is 77.9 Å². The minimum atomic E-state index is -0.118. The van der Waals surface area contributed by atoms with Crippen LogP contribution in [0.25, 0.3) is 17.0 Å². The fourth-order valence-corrected chi connectivity index (χ4v) is 4.36. The Kier molecular flexibility index (Phi) is 9.16. The number of aromatic nitrogens is 1. The molecular weight excluding hydrogens is 517 g/mol. The lowest BCUT2D eigenvalue weighted by atomic mass is 9.93. The molecule has 0 saturated heterocycles. The second kappa shape index (κ2) is 12.7. The summed E-state index contributed by atoms with van der Waals surface area (Å²) in [6.07, 6.45) is 7.60. The number of pyridine rings is 1. The van der Waals surface area contributed by atoms with Gasteiger partial charge in [0.25, 0.3) is 0 Å². The number of hydrogen-bond acceptors (Lipinski definition) is 5. The molecule has 0 saturated carbocycles. The number of anilines is 1. The number of benzene rings is 3. The van der Waals surface area contributed by atoms with Crippen LogP contribution in [0.4, 0.5) is 5.69 Å². The number of hydrogen-bond donors (Lipinski definition) is 2. The Labute approximate surface area is 232 Å². The van der Waals surface area contributed by atoms with Crippen molar-refractivity contribution >= 4 is 57.9 Å². The van der Waals surface area contributed by atoms with Gasteiger partial charge in [-0.3, -0.25) is 14.8 Å². The number of rotatable bonds is 10. The van der Waals surface area contributed by atoms with Crippen LogP contribution in [0.3, 0.4) is 0 Å². The van der Waals surface area contributed by atoms with E-state index >= 15 is 0 Å². The topological polar surface area (TPSA) is 74.6 Å². The molecule has 3 aromatic carbocycles. The van der Waals surface area contributed by atoms with E-state index in [0.717, 1.165) is 34.1 Å². The maximum atomic E-state index is 12.6. The monoisotopic (exact) mass is 545 g/mol. The standard InChI is InChI=1S/C31H29Cl2N3O2/c1-3-20(2)27-17-21(4-11-30(37)22-5-7-24(32)8-6-22)16-23(31(27)38)19-34-14-15-36-28-12-13-35-29-18-25(33)9-10-26(28)29/h4-13,16-20,38H,3,14-15H2,1-2H3,(H,35,36)/b11-4+,34-19?. The zero-order chi connectivity index (χ0) is 27.1. The van der Waals surface area contributed by atoms with Crippen molar-refractivity contribution in [1.29, 1.82) is 0 Å². The minimum Gasteiger partial charge on any atom is -0.507 e. The van der Waals surface area contributed by atoms with E-state index in [1.54, 1.807) is 42.8 Å². The average molecular weight is 546 g/mol. The Hall–Kier alpha value is -3.67. The molecule has 194 valence electrons. The van der Waals surface area contributed by atoms with Crippen LogP contribution in [0, 0.1) is 0 Å². The van der Waals surface area contributed by atoms with Crippen LogP contribution in [-0.2, 0) is 0 Å². The first kappa shape index (κ1) is 27.4. The number of nitrogens with one attached hydrogen (secondary N) is 1. The van der Waals surface area contributed by atoms with Crippen molar-refractivity contribution in [3.8, 4) is 5.75 Å². The number of allylic oxidation sites excluding steroid dienone is 1. The van der Waals surface area contributed by atoms with E-state index in [0.29, 0.717) is 34.3 Å². The van der Waals surface area contributed by atoms with E-state index in [4.69, 9.17) is 23.2 Å². The maximum Gasteiger partial charge on any atom is 0.185 e. The van der Waals surface area contributed by atoms with Gasteiger partial charge in [0.05, 0.1) is 12.1 Å². The van der Waals surface area contributed by atoms with Crippen LogP contribution < -0.4 is 5.32 Å². The highest BCUT2D eigenvalue weighted by atomic mass is 35.5. The Balaban J connectivity index is 1.48. The van der Waals surface area contributed by atoms with Gasteiger partial charge in [0, 0.05) is 51.2 Å². The Bertz CT molecular complexity index is 1500. The van der Waals surface area contributed by atoms with E-state index < -0.39 is 0 Å². The van der Waals surface area contributed by atoms with E-state index in [1.165, 1.54) is 6.08 Å². The van der Waals surface area contributed by atoms with Gasteiger partial charge in [-0.2, -0.15) is 0 Å². The summed E-state index contributed by atoms with van der Waals surface area (Å²) in [5.41, 5.74) is 4.61. The Morgan fingerprint density at radius 2 is 1.84 bits per heavy atom. The molecule has 4 aromatic rings. The molecule has 5 nitrogen and oxygen atoms in total. The zero-order valence-corrected chi connectivity index (χ0v) is 22.8. The highest BCUT2D eigenvalue weighted by molar-refractivity contribution is 6.31. The van der Waals surface area contributed by atoms with Crippen molar-refractivity contribution in [1.82, 2.24) is 4.98 Å². The molecule has 4 rings (SSSR count). The highest BCUT2D eigenvalue weighted by Gasteiger charge is 2.13. The first-order chi connectivity index (χ1) is 18.4. The number of nitrogens with zero attached hydrogens (tertiary/aromatic N) is 2. The van der Waals surface area contributed by atoms with E-state index in [1.807, 2.05) is 36.4 Å². The summed E-state index contributed by atoms with van der Waals surface area (Å²) in [4.78, 5) is 21.5. The second-order valence-electron chi connectivity index (χ2n) is 9.04. The first-order valence-electron chi connectivity index (χ1n) is 12.5. The number of phenols is 1. The van der Waals surface area contributed by atoms with Crippen LogP contribution >= 0.6 is 23.2 Å². The van der Waals surface area contributed by atoms with Crippen molar-refractivity contribution in [2.45, 2.75) is 26.2 Å². The summed E-state index contributed by atoms with van der Waals surface area (Å²) in [5, 5.41) is 16.6. The molecule has 0 fully saturated rings. The molecule has 0 spiro atoms. The second-order valence-corrected chi connectivity index (χ2v) is 9.92. The molecule has 1 unspecified atom stereocenters. The number of halogens is 2. The molecular formula is C31H29Cl2N3O2. The molecule has 7 heteroatoms. The molecule has 0 aliphatic carbocycles. The molecule has 0 bridgehead atoms. The fourth-order valence-electron chi connectivity index (χ4n) is 4.07. The van der Waals surface area contributed by atoms with Crippen LogP contribution in [0.5, 0.6) is 5.75 Å². The van der Waals surface area contributed by atoms with Gasteiger partial charge in [-0.05, 0) is 90.2 Å². The highest BCUT2D eigenvalue weighted by Crippen LogP contribution is 2.32. The van der Waals surface area contributed by atoms with Gasteiger partial charge < -0.3 is 10.4 Å². The largest absolute Gasteiger partial charge is 0.507 e. The quantitative estimate of drug-likeness (QED) is 0.0910. The van der Waals surface area contributed by atoms with Crippen molar-refractivity contribution in [2.24, 2.45) is 4.99 Å². The molecule has 0 radical (unpaired) electrons. The number of carbonyl (C=O) groups is 1. The summed E-state index contributed by atoms with van der Waals surface area (Å²) in [6, 6.07) is 18.1. The van der Waals surface area contributed by atoms with Gasteiger partial charge in [-0.15, -0.1) is 0 Å². The third-order valence-corrected chi connectivity index (χ3v) is 6.87. The molecule has 0 amide bonds. The van der Waals surface area contributed by atoms with Crippen molar-refractivity contribution in [3.05, 3.63) is 105 Å².